The minimum atomic E-state index is -0.719. The summed E-state index contributed by atoms with van der Waals surface area (Å²) in [5, 5.41) is 2.95. The average molecular weight is 280 g/mol. The molecule has 0 aromatic heterocycles. The zero-order valence-corrected chi connectivity index (χ0v) is 13.2. The Hall–Kier alpha value is -1.06. The van der Waals surface area contributed by atoms with Crippen LogP contribution in [0.15, 0.2) is 0 Å². The summed E-state index contributed by atoms with van der Waals surface area (Å²) >= 11 is 0. The van der Waals surface area contributed by atoms with Crippen molar-refractivity contribution in [2.45, 2.75) is 83.8 Å². The summed E-state index contributed by atoms with van der Waals surface area (Å²) in [5.41, 5.74) is -0.719. The minimum absolute atomic E-state index is 0.00651. The molecule has 114 valence electrons. The van der Waals surface area contributed by atoms with Gasteiger partial charge in [-0.1, -0.05) is 39.5 Å². The molecule has 1 aliphatic heterocycles. The third kappa shape index (κ3) is 2.57. The first-order chi connectivity index (χ1) is 9.39. The molecule has 20 heavy (non-hydrogen) atoms. The largest absolute Gasteiger partial charge is 0.342 e. The van der Waals surface area contributed by atoms with Gasteiger partial charge in [-0.05, 0) is 32.6 Å². The van der Waals surface area contributed by atoms with Gasteiger partial charge in [0.25, 0.3) is 0 Å². The molecule has 1 aliphatic carbocycles. The minimum Gasteiger partial charge on any atom is -0.342 e. The number of carbonyl (C=O) groups is 2. The number of hydrogen-bond donors (Lipinski definition) is 1. The Bertz CT molecular complexity index is 386. The summed E-state index contributed by atoms with van der Waals surface area (Å²) in [4.78, 5) is 27.2. The second kappa shape index (κ2) is 5.74. The molecule has 1 saturated heterocycles. The maximum Gasteiger partial charge on any atom is 0.246 e. The molecular formula is C16H28N2O2. The quantitative estimate of drug-likeness (QED) is 0.863. The van der Waals surface area contributed by atoms with Crippen LogP contribution >= 0.6 is 0 Å². The van der Waals surface area contributed by atoms with E-state index in [9.17, 15) is 9.59 Å². The number of rotatable bonds is 3. The van der Waals surface area contributed by atoms with Crippen LogP contribution in [0.3, 0.4) is 0 Å². The van der Waals surface area contributed by atoms with Gasteiger partial charge in [0.1, 0.15) is 11.6 Å². The molecule has 0 bridgehead atoms. The Morgan fingerprint density at radius 3 is 2.40 bits per heavy atom. The fourth-order valence-electron chi connectivity index (χ4n) is 3.51. The van der Waals surface area contributed by atoms with Gasteiger partial charge < -0.3 is 10.2 Å². The molecule has 2 amide bonds. The van der Waals surface area contributed by atoms with E-state index in [0.717, 1.165) is 19.3 Å². The molecule has 2 rings (SSSR count). The molecule has 2 unspecified atom stereocenters. The van der Waals surface area contributed by atoms with Crippen molar-refractivity contribution in [3.8, 4) is 0 Å². The first-order valence-electron chi connectivity index (χ1n) is 8.03. The van der Waals surface area contributed by atoms with E-state index in [1.165, 1.54) is 19.3 Å². The molecule has 2 fully saturated rings. The van der Waals surface area contributed by atoms with Gasteiger partial charge in [0, 0.05) is 6.04 Å². The highest BCUT2D eigenvalue weighted by molar-refractivity contribution is 5.99. The highest BCUT2D eigenvalue weighted by Gasteiger charge is 2.49. The predicted octanol–water partition coefficient (Wildman–Crippen LogP) is 2.47. The number of nitrogens with zero attached hydrogens (tertiary/aromatic N) is 1. The number of nitrogens with one attached hydrogen (secondary N) is 1. The second-order valence-electron chi connectivity index (χ2n) is 6.90. The Labute approximate surface area is 122 Å². The third-order valence-electron chi connectivity index (χ3n) is 5.10. The van der Waals surface area contributed by atoms with E-state index in [1.807, 2.05) is 25.7 Å². The normalized spacial score (nSPS) is 29.2. The smallest absolute Gasteiger partial charge is 0.246 e. The molecule has 0 aromatic rings. The van der Waals surface area contributed by atoms with Gasteiger partial charge in [-0.3, -0.25) is 9.59 Å². The third-order valence-corrected chi connectivity index (χ3v) is 5.10. The summed E-state index contributed by atoms with van der Waals surface area (Å²) in [7, 11) is 0. The van der Waals surface area contributed by atoms with Crippen LogP contribution in [0, 0.1) is 5.92 Å². The topological polar surface area (TPSA) is 49.4 Å². The second-order valence-corrected chi connectivity index (χ2v) is 6.90. The molecule has 0 radical (unpaired) electrons. The highest BCUT2D eigenvalue weighted by atomic mass is 16.2. The van der Waals surface area contributed by atoms with Crippen molar-refractivity contribution in [2.24, 2.45) is 5.92 Å². The molecule has 0 aromatic carbocycles. The maximum atomic E-state index is 12.9. The zero-order valence-electron chi connectivity index (χ0n) is 13.2. The number of carbonyl (C=O) groups excluding carboxylic acids is 2. The Balaban J connectivity index is 2.27. The lowest BCUT2D eigenvalue weighted by molar-refractivity contribution is -0.161. The van der Waals surface area contributed by atoms with Crippen LogP contribution in [0.2, 0.25) is 0 Å². The molecule has 2 aliphatic rings. The molecule has 0 spiro atoms. The van der Waals surface area contributed by atoms with Crippen molar-refractivity contribution in [3.63, 3.8) is 0 Å². The van der Waals surface area contributed by atoms with Crippen molar-refractivity contribution in [2.75, 3.05) is 0 Å². The van der Waals surface area contributed by atoms with Gasteiger partial charge in [0.15, 0.2) is 0 Å². The van der Waals surface area contributed by atoms with Gasteiger partial charge >= 0.3 is 0 Å². The lowest BCUT2D eigenvalue weighted by atomic mass is 9.84. The number of piperazine rings is 1. The summed E-state index contributed by atoms with van der Waals surface area (Å²) in [6.07, 6.45) is 6.56. The van der Waals surface area contributed by atoms with E-state index in [0.29, 0.717) is 0 Å². The lowest BCUT2D eigenvalue weighted by Gasteiger charge is -2.50. The first-order valence-corrected chi connectivity index (χ1v) is 8.03. The van der Waals surface area contributed by atoms with Crippen LogP contribution in [0.4, 0.5) is 0 Å². The van der Waals surface area contributed by atoms with Crippen LogP contribution in [0.25, 0.3) is 0 Å². The van der Waals surface area contributed by atoms with E-state index < -0.39 is 5.54 Å². The van der Waals surface area contributed by atoms with Crippen LogP contribution in [0.5, 0.6) is 0 Å². The Morgan fingerprint density at radius 2 is 1.85 bits per heavy atom. The van der Waals surface area contributed by atoms with Crippen LogP contribution in [-0.4, -0.2) is 34.3 Å². The Morgan fingerprint density at radius 1 is 1.25 bits per heavy atom. The first kappa shape index (κ1) is 15.3. The zero-order chi connectivity index (χ0) is 14.9. The number of hydrogen-bond acceptors (Lipinski definition) is 2. The lowest BCUT2D eigenvalue weighted by Crippen LogP contribution is -2.71. The molecule has 1 N–H and O–H groups in total. The molecule has 1 saturated carbocycles. The fraction of sp³-hybridized carbons (Fsp3) is 0.875. The summed E-state index contributed by atoms with van der Waals surface area (Å²) in [6.45, 7) is 7.86. The molecule has 4 heteroatoms. The average Bonchev–Trinajstić information content (AvgIpc) is 2.43. The Kier molecular flexibility index (Phi) is 4.40. The van der Waals surface area contributed by atoms with E-state index in [-0.39, 0.29) is 29.8 Å². The standard InChI is InChI=1S/C16H28N2O2/c1-5-11(2)13-14(19)18(12-9-7-6-8-10-12)16(3,4)15(20)17-13/h11-13H,5-10H2,1-4H3,(H,17,20). The maximum absolute atomic E-state index is 12.9. The molecule has 1 heterocycles. The van der Waals surface area contributed by atoms with Gasteiger partial charge in [0.05, 0.1) is 0 Å². The van der Waals surface area contributed by atoms with Crippen LogP contribution in [0.1, 0.15) is 66.2 Å². The SMILES string of the molecule is CCC(C)C1NC(=O)C(C)(C)N(C2CCCCC2)C1=O. The van der Waals surface area contributed by atoms with E-state index in [2.05, 4.69) is 12.2 Å². The summed E-state index contributed by atoms with van der Waals surface area (Å²) in [6, 6.07) is -0.105. The summed E-state index contributed by atoms with van der Waals surface area (Å²) in [5.74, 6) is 0.303. The van der Waals surface area contributed by atoms with Crippen molar-refractivity contribution < 1.29 is 9.59 Å². The van der Waals surface area contributed by atoms with Gasteiger partial charge in [0.2, 0.25) is 11.8 Å². The number of amides is 2. The molecular weight excluding hydrogens is 252 g/mol. The summed E-state index contributed by atoms with van der Waals surface area (Å²) < 4.78 is 0. The van der Waals surface area contributed by atoms with E-state index in [4.69, 9.17) is 0 Å². The highest BCUT2D eigenvalue weighted by Crippen LogP contribution is 2.32. The van der Waals surface area contributed by atoms with E-state index >= 15 is 0 Å². The molecule has 2 atom stereocenters. The predicted molar refractivity (Wildman–Crippen MR) is 79.2 cm³/mol. The van der Waals surface area contributed by atoms with Crippen molar-refractivity contribution in [3.05, 3.63) is 0 Å². The van der Waals surface area contributed by atoms with Crippen molar-refractivity contribution >= 4 is 11.8 Å². The molecule has 4 nitrogen and oxygen atoms in total. The van der Waals surface area contributed by atoms with Crippen LogP contribution in [-0.2, 0) is 9.59 Å². The van der Waals surface area contributed by atoms with Crippen LogP contribution < -0.4 is 5.32 Å². The van der Waals surface area contributed by atoms with Crippen molar-refractivity contribution in [1.82, 2.24) is 10.2 Å². The monoisotopic (exact) mass is 280 g/mol. The van der Waals surface area contributed by atoms with E-state index in [1.54, 1.807) is 0 Å². The van der Waals surface area contributed by atoms with Gasteiger partial charge in [-0.25, -0.2) is 0 Å². The van der Waals surface area contributed by atoms with Gasteiger partial charge in [-0.2, -0.15) is 0 Å². The van der Waals surface area contributed by atoms with Gasteiger partial charge in [-0.15, -0.1) is 0 Å². The fourth-order valence-corrected chi connectivity index (χ4v) is 3.51. The van der Waals surface area contributed by atoms with Crippen molar-refractivity contribution in [1.29, 1.82) is 0 Å².